The van der Waals surface area contributed by atoms with Crippen LogP contribution in [0.2, 0.25) is 0 Å². The van der Waals surface area contributed by atoms with Gasteiger partial charge in [-0.25, -0.2) is 4.57 Å². The molecular formula is C68H117NO8P+. The molecule has 0 aliphatic rings. The van der Waals surface area contributed by atoms with Crippen molar-refractivity contribution < 1.29 is 42.1 Å². The number of phosphoric ester groups is 1. The molecule has 1 N–H and O–H groups in total. The number of quaternary nitrogens is 1. The Kier molecular flexibility index (Phi) is 55.4. The summed E-state index contributed by atoms with van der Waals surface area (Å²) in [5.41, 5.74) is 0. The Morgan fingerprint density at radius 3 is 1.04 bits per heavy atom. The Hall–Kier alpha value is -3.59. The van der Waals surface area contributed by atoms with Gasteiger partial charge in [0.1, 0.15) is 19.8 Å². The maximum absolute atomic E-state index is 12.8. The first kappa shape index (κ1) is 74.4. The number of allylic oxidation sites excluding steroid dienone is 20. The summed E-state index contributed by atoms with van der Waals surface area (Å²) >= 11 is 0. The van der Waals surface area contributed by atoms with E-state index in [1.54, 1.807) is 0 Å². The van der Waals surface area contributed by atoms with E-state index in [1.165, 1.54) is 103 Å². The first-order chi connectivity index (χ1) is 38.0. The predicted molar refractivity (Wildman–Crippen MR) is 334 cm³/mol. The number of nitrogens with zero attached hydrogens (tertiary/aromatic N) is 1. The van der Waals surface area contributed by atoms with E-state index in [0.29, 0.717) is 23.9 Å². The smallest absolute Gasteiger partial charge is 0.462 e. The molecule has 2 unspecified atom stereocenters. The Labute approximate surface area is 479 Å². The molecule has 0 aromatic carbocycles. The monoisotopic (exact) mass is 1110 g/mol. The largest absolute Gasteiger partial charge is 0.472 e. The summed E-state index contributed by atoms with van der Waals surface area (Å²) in [6.07, 6.45) is 83.1. The normalized spacial score (nSPS) is 14.1. The quantitative estimate of drug-likeness (QED) is 0.0211. The van der Waals surface area contributed by atoms with Crippen LogP contribution in [0.25, 0.3) is 0 Å². The van der Waals surface area contributed by atoms with E-state index in [-0.39, 0.29) is 26.1 Å². The van der Waals surface area contributed by atoms with Gasteiger partial charge in [-0.1, -0.05) is 251 Å². The van der Waals surface area contributed by atoms with Gasteiger partial charge < -0.3 is 18.9 Å². The fourth-order valence-corrected chi connectivity index (χ4v) is 8.99. The molecule has 0 aliphatic heterocycles. The van der Waals surface area contributed by atoms with Crippen molar-refractivity contribution in [2.24, 2.45) is 0 Å². The van der Waals surface area contributed by atoms with Gasteiger partial charge in [-0.2, -0.15) is 0 Å². The molecule has 0 rings (SSSR count). The molecule has 0 aliphatic carbocycles. The molecule has 0 spiro atoms. The summed E-state index contributed by atoms with van der Waals surface area (Å²) in [5.74, 6) is -0.833. The van der Waals surface area contributed by atoms with Crippen LogP contribution in [-0.2, 0) is 32.7 Å². The molecule has 0 fully saturated rings. The highest BCUT2D eigenvalue weighted by Gasteiger charge is 2.27. The lowest BCUT2D eigenvalue weighted by Crippen LogP contribution is -2.37. The topological polar surface area (TPSA) is 108 Å². The molecule has 0 saturated heterocycles. The van der Waals surface area contributed by atoms with Crippen molar-refractivity contribution >= 4 is 19.8 Å². The zero-order valence-corrected chi connectivity index (χ0v) is 51.5. The maximum atomic E-state index is 12.8. The molecule has 0 amide bonds. The van der Waals surface area contributed by atoms with Gasteiger partial charge in [0.2, 0.25) is 0 Å². The highest BCUT2D eigenvalue weighted by Crippen LogP contribution is 2.43. The Morgan fingerprint density at radius 2 is 0.692 bits per heavy atom. The third-order valence-corrected chi connectivity index (χ3v) is 14.0. The molecule has 0 saturated carbocycles. The van der Waals surface area contributed by atoms with Gasteiger partial charge in [0.25, 0.3) is 0 Å². The van der Waals surface area contributed by atoms with Crippen molar-refractivity contribution in [3.63, 3.8) is 0 Å². The second-order valence-electron chi connectivity index (χ2n) is 21.7. The van der Waals surface area contributed by atoms with Gasteiger partial charge in [0.15, 0.2) is 6.10 Å². The molecule has 10 heteroatoms. The summed E-state index contributed by atoms with van der Waals surface area (Å²) in [6.45, 7) is 4.16. The third kappa shape index (κ3) is 61.6. The minimum atomic E-state index is -4.39. The van der Waals surface area contributed by atoms with Crippen LogP contribution in [0.5, 0.6) is 0 Å². The minimum Gasteiger partial charge on any atom is -0.462 e. The van der Waals surface area contributed by atoms with Crippen molar-refractivity contribution in [2.45, 2.75) is 251 Å². The number of phosphoric acid groups is 1. The lowest BCUT2D eigenvalue weighted by molar-refractivity contribution is -0.870. The molecule has 0 radical (unpaired) electrons. The van der Waals surface area contributed by atoms with Gasteiger partial charge in [-0.05, 0) is 103 Å². The fraction of sp³-hybridized carbons (Fsp3) is 0.676. The zero-order valence-electron chi connectivity index (χ0n) is 50.6. The van der Waals surface area contributed by atoms with Crippen molar-refractivity contribution in [2.75, 3.05) is 47.5 Å². The second-order valence-corrected chi connectivity index (χ2v) is 23.1. The van der Waals surface area contributed by atoms with Crippen LogP contribution in [0.3, 0.4) is 0 Å². The second kappa shape index (κ2) is 58.1. The van der Waals surface area contributed by atoms with E-state index in [1.807, 2.05) is 21.1 Å². The van der Waals surface area contributed by atoms with Crippen molar-refractivity contribution in [3.8, 4) is 0 Å². The fourth-order valence-electron chi connectivity index (χ4n) is 8.25. The number of carbonyl (C=O) groups is 2. The lowest BCUT2D eigenvalue weighted by atomic mass is 10.0. The summed E-state index contributed by atoms with van der Waals surface area (Å²) in [7, 11) is 1.45. The highest BCUT2D eigenvalue weighted by atomic mass is 31.2. The zero-order chi connectivity index (χ0) is 57.0. The molecule has 0 bridgehead atoms. The number of hydrogen-bond donors (Lipinski definition) is 1. The van der Waals surface area contributed by atoms with E-state index in [9.17, 15) is 19.0 Å². The van der Waals surface area contributed by atoms with E-state index in [2.05, 4.69) is 135 Å². The molecule has 2 atom stereocenters. The summed E-state index contributed by atoms with van der Waals surface area (Å²) in [5, 5.41) is 0. The highest BCUT2D eigenvalue weighted by molar-refractivity contribution is 7.47. The predicted octanol–water partition coefficient (Wildman–Crippen LogP) is 19.9. The number of carbonyl (C=O) groups excluding carboxylic acids is 2. The van der Waals surface area contributed by atoms with Crippen LogP contribution in [0, 0.1) is 0 Å². The first-order valence-corrected chi connectivity index (χ1v) is 32.8. The molecule has 9 nitrogen and oxygen atoms in total. The number of ether oxygens (including phenoxy) is 2. The molecule has 78 heavy (non-hydrogen) atoms. The minimum absolute atomic E-state index is 0.0233. The molecule has 446 valence electrons. The van der Waals surface area contributed by atoms with E-state index in [4.69, 9.17) is 18.5 Å². The standard InChI is InChI=1S/C68H116NO8P/c1-6-8-10-12-14-16-18-20-21-22-23-24-25-26-27-28-29-30-31-32-33-34-35-36-37-38-39-40-41-42-43-44-45-46-47-49-51-53-55-57-59-61-68(71)77-66(65-76-78(72,73)75-63-62-69(3,4)5)64-74-67(70)60-58-56-54-52-50-48-19-17-15-13-11-9-7-2/h8-11,14-17,20-21,23-24,26-27,29-30,32-33,48,50,66H,6-7,12-13,18-19,22,25,28,31,34-47,49,51-65H2,1-5H3/p+1/b10-8-,11-9-,16-14-,17-15-,21-20-,24-23-,27-26-,30-29-,33-32-,50-48-. The van der Waals surface area contributed by atoms with Crippen LogP contribution in [0.4, 0.5) is 0 Å². The van der Waals surface area contributed by atoms with Crippen molar-refractivity contribution in [1.82, 2.24) is 0 Å². The van der Waals surface area contributed by atoms with Crippen molar-refractivity contribution in [3.05, 3.63) is 122 Å². The van der Waals surface area contributed by atoms with Crippen LogP contribution in [-0.4, -0.2) is 74.9 Å². The third-order valence-electron chi connectivity index (χ3n) is 13.0. The Morgan fingerprint density at radius 1 is 0.397 bits per heavy atom. The van der Waals surface area contributed by atoms with Crippen LogP contribution in [0.15, 0.2) is 122 Å². The summed E-state index contributed by atoms with van der Waals surface area (Å²) in [4.78, 5) is 35.6. The van der Waals surface area contributed by atoms with Gasteiger partial charge in [-0.15, -0.1) is 0 Å². The average Bonchev–Trinajstić information content (AvgIpc) is 3.40. The lowest BCUT2D eigenvalue weighted by Gasteiger charge is -2.24. The number of esters is 2. The molecule has 0 aromatic rings. The SMILES string of the molecule is CC/C=C\C/C=C\C/C=C\C/C=C\C/C=C\C/C=C\C/C=C\CCCCCCCCCCCCCCCCCCCCCC(=O)OC(COC(=O)CCCCC/C=C\C/C=C\C/C=C\CC)COP(=O)(O)OCC[N+](C)(C)C. The summed E-state index contributed by atoms with van der Waals surface area (Å²) < 4.78 is 34.5. The van der Waals surface area contributed by atoms with Gasteiger partial charge in [0.05, 0.1) is 27.7 Å². The van der Waals surface area contributed by atoms with Crippen LogP contribution in [0.1, 0.15) is 245 Å². The molecule has 0 heterocycles. The Bertz CT molecular complexity index is 1730. The van der Waals surface area contributed by atoms with E-state index < -0.39 is 32.5 Å². The van der Waals surface area contributed by atoms with Gasteiger partial charge >= 0.3 is 19.8 Å². The first-order valence-electron chi connectivity index (χ1n) is 31.3. The number of rotatable bonds is 56. The van der Waals surface area contributed by atoms with E-state index in [0.717, 1.165) is 103 Å². The number of unbranched alkanes of at least 4 members (excludes halogenated alkanes) is 22. The Balaban J connectivity index is 3.95. The molecular weight excluding hydrogens is 990 g/mol. The average molecular weight is 1110 g/mol. The number of likely N-dealkylation sites (N-methyl/N-ethyl adjacent to an activating group) is 1. The van der Waals surface area contributed by atoms with Crippen molar-refractivity contribution in [1.29, 1.82) is 0 Å². The number of hydrogen-bond acceptors (Lipinski definition) is 7. The van der Waals surface area contributed by atoms with Crippen LogP contribution < -0.4 is 0 Å². The summed E-state index contributed by atoms with van der Waals surface area (Å²) in [6, 6.07) is 0. The molecule has 0 aromatic heterocycles. The van der Waals surface area contributed by atoms with Gasteiger partial charge in [0, 0.05) is 12.8 Å². The van der Waals surface area contributed by atoms with Crippen LogP contribution >= 0.6 is 7.82 Å². The van der Waals surface area contributed by atoms with E-state index >= 15 is 0 Å². The maximum Gasteiger partial charge on any atom is 0.472 e. The van der Waals surface area contributed by atoms with Gasteiger partial charge in [-0.3, -0.25) is 18.6 Å².